The topological polar surface area (TPSA) is 72.5 Å². The van der Waals surface area contributed by atoms with E-state index < -0.39 is 6.10 Å². The second-order valence-electron chi connectivity index (χ2n) is 4.79. The first kappa shape index (κ1) is 17.7. The van der Waals surface area contributed by atoms with E-state index in [-0.39, 0.29) is 18.3 Å². The molecule has 1 atom stereocenters. The van der Waals surface area contributed by atoms with Gasteiger partial charge in [-0.3, -0.25) is 10.1 Å². The molecule has 0 radical (unpaired) electrons. The van der Waals surface area contributed by atoms with E-state index in [4.69, 9.17) is 9.47 Å². The Balaban J connectivity index is 0.00000192. The number of hydrogen-bond donors (Lipinski definition) is 2. The Morgan fingerprint density at radius 3 is 3.04 bits per heavy atom. The number of methoxy groups -OCH3 is 1. The van der Waals surface area contributed by atoms with E-state index in [1.807, 2.05) is 29.6 Å². The maximum absolute atomic E-state index is 12.1. The molecule has 1 saturated heterocycles. The lowest BCUT2D eigenvalue weighted by Gasteiger charge is -2.22. The highest BCUT2D eigenvalue weighted by molar-refractivity contribution is 7.14. The first-order chi connectivity index (χ1) is 10.8. The molecule has 1 aromatic heterocycles. The summed E-state index contributed by atoms with van der Waals surface area (Å²) in [6.07, 6.45) is -0.465. The zero-order valence-corrected chi connectivity index (χ0v) is 14.2. The number of carbonyl (C=O) groups excluding carboxylic acids is 1. The number of benzene rings is 1. The molecular formula is C15H18ClN3O3S. The Kier molecular flexibility index (Phi) is 6.35. The van der Waals surface area contributed by atoms with Crippen LogP contribution in [-0.4, -0.2) is 43.8 Å². The molecule has 124 valence electrons. The number of halogens is 1. The number of anilines is 1. The number of hydrogen-bond acceptors (Lipinski definition) is 6. The van der Waals surface area contributed by atoms with Crippen LogP contribution in [0.15, 0.2) is 29.6 Å². The van der Waals surface area contributed by atoms with Crippen molar-refractivity contribution in [1.82, 2.24) is 10.3 Å². The lowest BCUT2D eigenvalue weighted by molar-refractivity contribution is -0.128. The van der Waals surface area contributed by atoms with Gasteiger partial charge >= 0.3 is 0 Å². The molecule has 2 N–H and O–H groups in total. The number of carbonyl (C=O) groups is 1. The van der Waals surface area contributed by atoms with Gasteiger partial charge < -0.3 is 14.8 Å². The van der Waals surface area contributed by atoms with Gasteiger partial charge in [0.25, 0.3) is 5.91 Å². The van der Waals surface area contributed by atoms with Crippen molar-refractivity contribution in [3.05, 3.63) is 29.6 Å². The van der Waals surface area contributed by atoms with Crippen molar-refractivity contribution >= 4 is 34.8 Å². The van der Waals surface area contributed by atoms with Gasteiger partial charge in [-0.15, -0.1) is 23.7 Å². The molecule has 1 aliphatic rings. The third-order valence-corrected chi connectivity index (χ3v) is 4.10. The number of para-hydroxylation sites is 1. The fourth-order valence-electron chi connectivity index (χ4n) is 2.23. The summed E-state index contributed by atoms with van der Waals surface area (Å²) in [5.74, 6) is 0.582. The molecule has 2 aromatic rings. The molecule has 2 heterocycles. The predicted molar refractivity (Wildman–Crippen MR) is 92.6 cm³/mol. The van der Waals surface area contributed by atoms with Crippen LogP contribution in [-0.2, 0) is 9.53 Å². The van der Waals surface area contributed by atoms with Gasteiger partial charge in [0.05, 0.1) is 19.4 Å². The van der Waals surface area contributed by atoms with Crippen LogP contribution >= 0.6 is 23.7 Å². The van der Waals surface area contributed by atoms with Crippen molar-refractivity contribution in [3.63, 3.8) is 0 Å². The van der Waals surface area contributed by atoms with Crippen molar-refractivity contribution < 1.29 is 14.3 Å². The minimum absolute atomic E-state index is 0. The first-order valence-corrected chi connectivity index (χ1v) is 7.88. The molecule has 23 heavy (non-hydrogen) atoms. The van der Waals surface area contributed by atoms with Crippen LogP contribution < -0.4 is 15.4 Å². The number of morpholine rings is 1. The molecule has 1 amide bonds. The number of nitrogens with one attached hydrogen (secondary N) is 2. The first-order valence-electron chi connectivity index (χ1n) is 7.00. The van der Waals surface area contributed by atoms with E-state index in [9.17, 15) is 4.79 Å². The van der Waals surface area contributed by atoms with Crippen LogP contribution in [0.5, 0.6) is 5.75 Å². The molecule has 0 aliphatic carbocycles. The standard InChI is InChI=1S/C15H17N3O3S.ClH/c1-20-12-5-3-2-4-10(12)11-9-22-15(17-11)18-14(19)13-8-16-6-7-21-13;/h2-5,9,13,16H,6-8H2,1H3,(H,17,18,19);1H. The number of aromatic nitrogens is 1. The molecule has 0 bridgehead atoms. The fraction of sp³-hybridized carbons (Fsp3) is 0.333. The van der Waals surface area contributed by atoms with Crippen molar-refractivity contribution in [3.8, 4) is 17.0 Å². The zero-order valence-electron chi connectivity index (χ0n) is 12.6. The van der Waals surface area contributed by atoms with E-state index in [1.54, 1.807) is 7.11 Å². The number of nitrogens with zero attached hydrogens (tertiary/aromatic N) is 1. The van der Waals surface area contributed by atoms with Crippen molar-refractivity contribution in [1.29, 1.82) is 0 Å². The van der Waals surface area contributed by atoms with Gasteiger partial charge in [-0.2, -0.15) is 0 Å². The number of amides is 1. The Morgan fingerprint density at radius 1 is 1.48 bits per heavy atom. The highest BCUT2D eigenvalue weighted by Crippen LogP contribution is 2.31. The van der Waals surface area contributed by atoms with Gasteiger partial charge in [0.2, 0.25) is 0 Å². The molecule has 1 aromatic carbocycles. The molecule has 1 fully saturated rings. The quantitative estimate of drug-likeness (QED) is 0.879. The summed E-state index contributed by atoms with van der Waals surface area (Å²) in [5, 5.41) is 8.38. The monoisotopic (exact) mass is 355 g/mol. The Labute approximate surface area is 144 Å². The fourth-order valence-corrected chi connectivity index (χ4v) is 2.94. The van der Waals surface area contributed by atoms with E-state index in [0.29, 0.717) is 18.3 Å². The molecule has 0 saturated carbocycles. The maximum Gasteiger partial charge on any atom is 0.256 e. The van der Waals surface area contributed by atoms with Crippen LogP contribution in [0.4, 0.5) is 5.13 Å². The third-order valence-electron chi connectivity index (χ3n) is 3.34. The summed E-state index contributed by atoms with van der Waals surface area (Å²) in [6.45, 7) is 1.85. The lowest BCUT2D eigenvalue weighted by Crippen LogP contribution is -2.45. The Hall–Kier alpha value is -1.67. The van der Waals surface area contributed by atoms with Crippen LogP contribution in [0.1, 0.15) is 0 Å². The van der Waals surface area contributed by atoms with Gasteiger partial charge in [-0.25, -0.2) is 4.98 Å². The largest absolute Gasteiger partial charge is 0.496 e. The van der Waals surface area contributed by atoms with Crippen molar-refractivity contribution in [2.75, 3.05) is 32.1 Å². The van der Waals surface area contributed by atoms with Crippen molar-refractivity contribution in [2.24, 2.45) is 0 Å². The van der Waals surface area contributed by atoms with Gasteiger partial charge in [-0.05, 0) is 12.1 Å². The third kappa shape index (κ3) is 4.20. The summed E-state index contributed by atoms with van der Waals surface area (Å²) in [5.41, 5.74) is 1.68. The summed E-state index contributed by atoms with van der Waals surface area (Å²) < 4.78 is 10.8. The molecular weight excluding hydrogens is 338 g/mol. The van der Waals surface area contributed by atoms with Crippen LogP contribution in [0, 0.1) is 0 Å². The Morgan fingerprint density at radius 2 is 2.30 bits per heavy atom. The highest BCUT2D eigenvalue weighted by Gasteiger charge is 2.22. The van der Waals surface area contributed by atoms with Gasteiger partial charge in [0.1, 0.15) is 11.9 Å². The van der Waals surface area contributed by atoms with E-state index >= 15 is 0 Å². The summed E-state index contributed by atoms with van der Waals surface area (Å²) in [7, 11) is 1.63. The van der Waals surface area contributed by atoms with Crippen LogP contribution in [0.3, 0.4) is 0 Å². The summed E-state index contributed by atoms with van der Waals surface area (Å²) >= 11 is 1.38. The van der Waals surface area contributed by atoms with Crippen LogP contribution in [0.2, 0.25) is 0 Å². The normalized spacial score (nSPS) is 17.2. The average molecular weight is 356 g/mol. The van der Waals surface area contributed by atoms with E-state index in [0.717, 1.165) is 23.6 Å². The second-order valence-corrected chi connectivity index (χ2v) is 5.65. The smallest absolute Gasteiger partial charge is 0.256 e. The minimum atomic E-state index is -0.465. The lowest BCUT2D eigenvalue weighted by atomic mass is 10.1. The molecule has 8 heteroatoms. The number of rotatable bonds is 4. The van der Waals surface area contributed by atoms with Gasteiger partial charge in [0, 0.05) is 24.0 Å². The highest BCUT2D eigenvalue weighted by atomic mass is 35.5. The number of ether oxygens (including phenoxy) is 2. The molecule has 3 rings (SSSR count). The van der Waals surface area contributed by atoms with E-state index in [2.05, 4.69) is 15.6 Å². The summed E-state index contributed by atoms with van der Waals surface area (Å²) in [6, 6.07) is 7.66. The number of thiazole rings is 1. The van der Waals surface area contributed by atoms with Gasteiger partial charge in [0.15, 0.2) is 5.13 Å². The van der Waals surface area contributed by atoms with E-state index in [1.165, 1.54) is 11.3 Å². The zero-order chi connectivity index (χ0) is 15.4. The Bertz CT molecular complexity index is 659. The SMILES string of the molecule is COc1ccccc1-c1csc(NC(=O)C2CNCCO2)n1.Cl. The summed E-state index contributed by atoms with van der Waals surface area (Å²) in [4.78, 5) is 16.6. The minimum Gasteiger partial charge on any atom is -0.496 e. The molecule has 6 nitrogen and oxygen atoms in total. The maximum atomic E-state index is 12.1. The van der Waals surface area contributed by atoms with Crippen molar-refractivity contribution in [2.45, 2.75) is 6.10 Å². The predicted octanol–water partition coefficient (Wildman–Crippen LogP) is 2.17. The van der Waals surface area contributed by atoms with Gasteiger partial charge in [-0.1, -0.05) is 12.1 Å². The molecule has 1 aliphatic heterocycles. The molecule has 1 unspecified atom stereocenters. The molecule has 0 spiro atoms. The average Bonchev–Trinajstić information content (AvgIpc) is 3.04. The second kappa shape index (κ2) is 8.26. The van der Waals surface area contributed by atoms with Crippen LogP contribution in [0.25, 0.3) is 11.3 Å².